The smallest absolute Gasteiger partial charge is 0.321 e. The number of aliphatic imine (C=N–C) groups is 1. The molecule has 0 saturated heterocycles. The van der Waals surface area contributed by atoms with Gasteiger partial charge in [0.15, 0.2) is 5.69 Å². The molecule has 0 aromatic heterocycles. The summed E-state index contributed by atoms with van der Waals surface area (Å²) in [4.78, 5) is 26.3. The van der Waals surface area contributed by atoms with Crippen LogP contribution in [0.1, 0.15) is 12.5 Å². The molecule has 0 unspecified atom stereocenters. The number of nitro groups is 1. The molecular formula is C16H15N3O4. The number of benzene rings is 2. The summed E-state index contributed by atoms with van der Waals surface area (Å²) < 4.78 is 5.08. The fourth-order valence-electron chi connectivity index (χ4n) is 2.00. The van der Waals surface area contributed by atoms with E-state index in [9.17, 15) is 14.9 Å². The van der Waals surface area contributed by atoms with E-state index in [0.717, 1.165) is 5.56 Å². The van der Waals surface area contributed by atoms with Crippen LogP contribution in [0.25, 0.3) is 0 Å². The van der Waals surface area contributed by atoms with Crippen molar-refractivity contribution in [1.82, 2.24) is 0 Å². The molecule has 0 aliphatic carbocycles. The normalized spacial score (nSPS) is 10.5. The van der Waals surface area contributed by atoms with Crippen LogP contribution in [-0.2, 0) is 4.79 Å². The summed E-state index contributed by atoms with van der Waals surface area (Å²) >= 11 is 0. The number of nitrogens with zero attached hydrogens (tertiary/aromatic N) is 2. The lowest BCUT2D eigenvalue weighted by atomic mass is 10.2. The monoisotopic (exact) mass is 313 g/mol. The number of anilines is 1. The molecule has 118 valence electrons. The Kier molecular flexibility index (Phi) is 5.03. The third-order valence-electron chi connectivity index (χ3n) is 2.97. The minimum Gasteiger partial charge on any atom is -0.494 e. The highest BCUT2D eigenvalue weighted by molar-refractivity contribution is 5.96. The van der Waals surface area contributed by atoms with E-state index < -0.39 is 10.8 Å². The Morgan fingerprint density at radius 2 is 1.96 bits per heavy atom. The first kappa shape index (κ1) is 16.2. The van der Waals surface area contributed by atoms with Gasteiger partial charge in [0.05, 0.1) is 12.0 Å². The van der Waals surface area contributed by atoms with Gasteiger partial charge in [0.1, 0.15) is 11.4 Å². The minimum atomic E-state index is -0.592. The highest BCUT2D eigenvalue weighted by Crippen LogP contribution is 2.41. The second-order valence-electron chi connectivity index (χ2n) is 4.62. The van der Waals surface area contributed by atoms with Crippen LogP contribution in [0.15, 0.2) is 47.5 Å². The molecule has 7 heteroatoms. The second-order valence-corrected chi connectivity index (χ2v) is 4.62. The standard InChI is InChI=1S/C16H15N3O4/c1-11(20)18-15-14(23-2)9-8-13(16(15)19(21)22)17-10-12-6-4-3-5-7-12/h3-10H,1-2H3,(H,18,20). The largest absolute Gasteiger partial charge is 0.494 e. The van der Waals surface area contributed by atoms with Crippen molar-refractivity contribution in [1.29, 1.82) is 0 Å². The quantitative estimate of drug-likeness (QED) is 0.520. The van der Waals surface area contributed by atoms with Gasteiger partial charge in [0.2, 0.25) is 5.91 Å². The summed E-state index contributed by atoms with van der Waals surface area (Å²) in [5.41, 5.74) is 0.613. The molecule has 0 heterocycles. The third kappa shape index (κ3) is 3.91. The Morgan fingerprint density at radius 1 is 1.26 bits per heavy atom. The van der Waals surface area contributed by atoms with Gasteiger partial charge in [-0.1, -0.05) is 30.3 Å². The summed E-state index contributed by atoms with van der Waals surface area (Å²) in [6.07, 6.45) is 1.52. The summed E-state index contributed by atoms with van der Waals surface area (Å²) in [7, 11) is 1.37. The molecule has 0 aliphatic heterocycles. The number of hydrogen-bond acceptors (Lipinski definition) is 5. The Hall–Kier alpha value is -3.22. The number of hydrogen-bond donors (Lipinski definition) is 1. The maximum atomic E-state index is 11.4. The van der Waals surface area contributed by atoms with E-state index in [1.165, 1.54) is 32.4 Å². The molecule has 0 atom stereocenters. The van der Waals surface area contributed by atoms with Crippen molar-refractivity contribution in [2.75, 3.05) is 12.4 Å². The Morgan fingerprint density at radius 3 is 2.52 bits per heavy atom. The van der Waals surface area contributed by atoms with Gasteiger partial charge in [-0.25, -0.2) is 4.99 Å². The molecule has 0 saturated carbocycles. The van der Waals surface area contributed by atoms with Crippen molar-refractivity contribution in [3.05, 3.63) is 58.1 Å². The van der Waals surface area contributed by atoms with Gasteiger partial charge in [-0.3, -0.25) is 14.9 Å². The van der Waals surface area contributed by atoms with Crippen LogP contribution in [-0.4, -0.2) is 24.2 Å². The first-order valence-electron chi connectivity index (χ1n) is 6.75. The van der Waals surface area contributed by atoms with Gasteiger partial charge >= 0.3 is 5.69 Å². The van der Waals surface area contributed by atoms with Gasteiger partial charge < -0.3 is 10.1 Å². The molecule has 1 amide bonds. The van der Waals surface area contributed by atoms with Crippen molar-refractivity contribution in [2.45, 2.75) is 6.92 Å². The first-order valence-corrected chi connectivity index (χ1v) is 6.75. The summed E-state index contributed by atoms with van der Waals surface area (Å²) in [5.74, 6) is -0.235. The number of nitrogens with one attached hydrogen (secondary N) is 1. The van der Waals surface area contributed by atoms with Gasteiger partial charge in [-0.05, 0) is 17.7 Å². The molecule has 0 fully saturated rings. The molecule has 23 heavy (non-hydrogen) atoms. The zero-order chi connectivity index (χ0) is 16.8. The minimum absolute atomic E-state index is 0.00675. The van der Waals surface area contributed by atoms with E-state index in [4.69, 9.17) is 4.74 Å². The summed E-state index contributed by atoms with van der Waals surface area (Å²) in [6, 6.07) is 12.2. The zero-order valence-electron chi connectivity index (χ0n) is 12.6. The van der Waals surface area contributed by atoms with E-state index >= 15 is 0 Å². The molecular weight excluding hydrogens is 298 g/mol. The number of methoxy groups -OCH3 is 1. The Bertz CT molecular complexity index is 757. The second kappa shape index (κ2) is 7.17. The fraction of sp³-hybridized carbons (Fsp3) is 0.125. The SMILES string of the molecule is COc1ccc(N=Cc2ccccc2)c([N+](=O)[O-])c1NC(C)=O. The van der Waals surface area contributed by atoms with Crippen molar-refractivity contribution < 1.29 is 14.5 Å². The van der Waals surface area contributed by atoms with Crippen LogP contribution in [0.2, 0.25) is 0 Å². The number of amides is 1. The number of rotatable bonds is 5. The number of carbonyl (C=O) groups excluding carboxylic acids is 1. The Balaban J connectivity index is 2.53. The van der Waals surface area contributed by atoms with Crippen LogP contribution in [0.4, 0.5) is 17.1 Å². The van der Waals surface area contributed by atoms with Crippen molar-refractivity contribution in [2.24, 2.45) is 4.99 Å². The molecule has 0 bridgehead atoms. The van der Waals surface area contributed by atoms with Crippen molar-refractivity contribution >= 4 is 29.2 Å². The zero-order valence-corrected chi connectivity index (χ0v) is 12.6. The van der Waals surface area contributed by atoms with Crippen LogP contribution >= 0.6 is 0 Å². The maximum Gasteiger partial charge on any atom is 0.321 e. The summed E-state index contributed by atoms with van der Waals surface area (Å²) in [6.45, 7) is 1.27. The molecule has 2 aromatic rings. The van der Waals surface area contributed by atoms with E-state index in [-0.39, 0.29) is 22.8 Å². The van der Waals surface area contributed by atoms with Crippen LogP contribution in [0, 0.1) is 10.1 Å². The predicted octanol–water partition coefficient (Wildman–Crippen LogP) is 3.31. The van der Waals surface area contributed by atoms with E-state index in [1.54, 1.807) is 0 Å². The third-order valence-corrected chi connectivity index (χ3v) is 2.97. The number of ether oxygens (including phenoxy) is 1. The topological polar surface area (TPSA) is 93.8 Å². The summed E-state index contributed by atoms with van der Waals surface area (Å²) in [5, 5.41) is 13.9. The first-order chi connectivity index (χ1) is 11.0. The van der Waals surface area contributed by atoms with Gasteiger partial charge in [0.25, 0.3) is 0 Å². The predicted molar refractivity (Wildman–Crippen MR) is 87.6 cm³/mol. The molecule has 0 aliphatic rings. The Labute approximate surface area is 132 Å². The van der Waals surface area contributed by atoms with Crippen molar-refractivity contribution in [3.63, 3.8) is 0 Å². The van der Waals surface area contributed by atoms with Crippen LogP contribution < -0.4 is 10.1 Å². The molecule has 7 nitrogen and oxygen atoms in total. The van der Waals surface area contributed by atoms with E-state index in [2.05, 4.69) is 10.3 Å². The average molecular weight is 313 g/mol. The van der Waals surface area contributed by atoms with Gasteiger partial charge in [-0.15, -0.1) is 0 Å². The lowest BCUT2D eigenvalue weighted by Crippen LogP contribution is -2.09. The average Bonchev–Trinajstić information content (AvgIpc) is 2.53. The lowest BCUT2D eigenvalue weighted by Gasteiger charge is -2.10. The number of carbonyl (C=O) groups is 1. The molecule has 1 N–H and O–H groups in total. The van der Waals surface area contributed by atoms with E-state index in [0.29, 0.717) is 0 Å². The van der Waals surface area contributed by atoms with Crippen molar-refractivity contribution in [3.8, 4) is 5.75 Å². The molecule has 2 rings (SSSR count). The highest BCUT2D eigenvalue weighted by Gasteiger charge is 2.24. The van der Waals surface area contributed by atoms with Gasteiger partial charge in [0, 0.05) is 13.1 Å². The maximum absolute atomic E-state index is 11.4. The van der Waals surface area contributed by atoms with E-state index in [1.807, 2.05) is 30.3 Å². The van der Waals surface area contributed by atoms with Gasteiger partial charge in [-0.2, -0.15) is 0 Å². The number of nitro benzene ring substituents is 1. The van der Waals surface area contributed by atoms with Crippen LogP contribution in [0.3, 0.4) is 0 Å². The molecule has 2 aromatic carbocycles. The molecule has 0 spiro atoms. The highest BCUT2D eigenvalue weighted by atomic mass is 16.6. The fourth-order valence-corrected chi connectivity index (χ4v) is 2.00. The van der Waals surface area contributed by atoms with Crippen LogP contribution in [0.5, 0.6) is 5.75 Å². The lowest BCUT2D eigenvalue weighted by molar-refractivity contribution is -0.383. The molecule has 0 radical (unpaired) electrons.